The summed E-state index contributed by atoms with van der Waals surface area (Å²) in [6.45, 7) is 4.56. The molecule has 0 amide bonds. The third kappa shape index (κ3) is 3.88. The van der Waals surface area contributed by atoms with Crippen LogP contribution in [0, 0.1) is 22.7 Å². The number of nitriles is 2. The summed E-state index contributed by atoms with van der Waals surface area (Å²) in [5.74, 6) is 0. The molecule has 0 unspecified atom stereocenters. The highest BCUT2D eigenvalue weighted by atomic mass is 15.2. The molecule has 0 aliphatic carbocycles. The summed E-state index contributed by atoms with van der Waals surface area (Å²) >= 11 is 0. The molecule has 2 aromatic heterocycles. The van der Waals surface area contributed by atoms with E-state index in [4.69, 9.17) is 0 Å². The van der Waals surface area contributed by atoms with Crippen LogP contribution in [-0.4, -0.2) is 9.55 Å². The Morgan fingerprint density at radius 1 is 0.644 bits per heavy atom. The van der Waals surface area contributed by atoms with Crippen molar-refractivity contribution in [3.8, 4) is 29.0 Å². The molecule has 0 saturated carbocycles. The molecule has 5 aromatic carbocycles. The number of aromatic nitrogens is 2. The standard InChI is InChI=1S/C40H27N5/c1-40(2)34-13-4-7-16-38(34)45(39-17-8-5-14-35(39)40)29-21-27(30-12-9-10-26(23-41)32(30)24-42)20-28(22-29)44-36-15-6-3-11-31(36)33-25-43-19-18-37(33)44/h3-22,25H,1-2H3. The van der Waals surface area contributed by atoms with Gasteiger partial charge in [0.2, 0.25) is 0 Å². The summed E-state index contributed by atoms with van der Waals surface area (Å²) < 4.78 is 2.27. The highest BCUT2D eigenvalue weighted by molar-refractivity contribution is 6.09. The Hall–Kier alpha value is -6.17. The van der Waals surface area contributed by atoms with Gasteiger partial charge in [-0.3, -0.25) is 4.98 Å². The van der Waals surface area contributed by atoms with Crippen molar-refractivity contribution in [2.75, 3.05) is 4.90 Å². The molecule has 45 heavy (non-hydrogen) atoms. The van der Waals surface area contributed by atoms with Crippen LogP contribution in [0.25, 0.3) is 38.6 Å². The van der Waals surface area contributed by atoms with E-state index in [1.807, 2.05) is 30.6 Å². The molecule has 0 saturated heterocycles. The van der Waals surface area contributed by atoms with E-state index in [9.17, 15) is 10.5 Å². The lowest BCUT2D eigenvalue weighted by Crippen LogP contribution is -2.30. The number of anilines is 3. The molecular weight excluding hydrogens is 550 g/mol. The third-order valence-corrected chi connectivity index (χ3v) is 9.14. The Labute approximate surface area is 261 Å². The van der Waals surface area contributed by atoms with Crippen molar-refractivity contribution in [2.45, 2.75) is 19.3 Å². The van der Waals surface area contributed by atoms with Gasteiger partial charge in [0.05, 0.1) is 33.5 Å². The van der Waals surface area contributed by atoms with Gasteiger partial charge in [0.25, 0.3) is 0 Å². The summed E-state index contributed by atoms with van der Waals surface area (Å²) in [6, 6.07) is 44.1. The summed E-state index contributed by atoms with van der Waals surface area (Å²) in [7, 11) is 0. The second-order valence-corrected chi connectivity index (χ2v) is 11.9. The van der Waals surface area contributed by atoms with Crippen molar-refractivity contribution in [1.29, 1.82) is 10.5 Å². The fourth-order valence-electron chi connectivity index (χ4n) is 7.06. The average Bonchev–Trinajstić information content (AvgIpc) is 3.42. The van der Waals surface area contributed by atoms with E-state index in [0.717, 1.165) is 55.7 Å². The van der Waals surface area contributed by atoms with E-state index in [1.54, 1.807) is 6.07 Å². The lowest BCUT2D eigenvalue weighted by atomic mass is 9.73. The molecule has 0 N–H and O–H groups in total. The van der Waals surface area contributed by atoms with E-state index in [2.05, 4.69) is 131 Å². The first-order valence-corrected chi connectivity index (χ1v) is 14.9. The molecule has 0 fully saturated rings. The fourth-order valence-corrected chi connectivity index (χ4v) is 7.06. The number of nitrogens with zero attached hydrogens (tertiary/aromatic N) is 5. The first kappa shape index (κ1) is 26.5. The minimum absolute atomic E-state index is 0.195. The van der Waals surface area contributed by atoms with Crippen molar-refractivity contribution >= 4 is 38.9 Å². The Bertz CT molecular complexity index is 2300. The molecule has 7 aromatic rings. The topological polar surface area (TPSA) is 68.6 Å². The average molecular weight is 578 g/mol. The first-order chi connectivity index (χ1) is 22.0. The molecular formula is C40H27N5. The number of pyridine rings is 1. The number of fused-ring (bicyclic) bond motifs is 5. The van der Waals surface area contributed by atoms with Gasteiger partial charge in [0.1, 0.15) is 12.1 Å². The Balaban J connectivity index is 1.49. The van der Waals surface area contributed by atoms with E-state index in [1.165, 1.54) is 11.1 Å². The number of hydrogen-bond donors (Lipinski definition) is 0. The van der Waals surface area contributed by atoms with Gasteiger partial charge in [-0.25, -0.2) is 0 Å². The number of para-hydroxylation sites is 3. The molecule has 1 aliphatic heterocycles. The van der Waals surface area contributed by atoms with Crippen molar-refractivity contribution in [3.63, 3.8) is 0 Å². The maximum Gasteiger partial charge on any atom is 0.101 e. The minimum Gasteiger partial charge on any atom is -0.310 e. The molecule has 5 heteroatoms. The second kappa shape index (κ2) is 9.95. The molecule has 212 valence electrons. The van der Waals surface area contributed by atoms with E-state index in [-0.39, 0.29) is 5.41 Å². The molecule has 1 aliphatic rings. The van der Waals surface area contributed by atoms with Crippen molar-refractivity contribution in [2.24, 2.45) is 0 Å². The van der Waals surface area contributed by atoms with E-state index in [0.29, 0.717) is 11.1 Å². The largest absolute Gasteiger partial charge is 0.310 e. The quantitative estimate of drug-likeness (QED) is 0.210. The molecule has 0 atom stereocenters. The lowest BCUT2D eigenvalue weighted by Gasteiger charge is -2.42. The van der Waals surface area contributed by atoms with Gasteiger partial charge in [0, 0.05) is 45.5 Å². The minimum atomic E-state index is -0.195. The third-order valence-electron chi connectivity index (χ3n) is 9.14. The molecule has 0 radical (unpaired) electrons. The predicted octanol–water partition coefficient (Wildman–Crippen LogP) is 9.70. The first-order valence-electron chi connectivity index (χ1n) is 14.9. The number of hydrogen-bond acceptors (Lipinski definition) is 4. The summed E-state index contributed by atoms with van der Waals surface area (Å²) in [5.41, 5.74) is 10.8. The van der Waals surface area contributed by atoms with Crippen LogP contribution in [0.2, 0.25) is 0 Å². The van der Waals surface area contributed by atoms with Crippen LogP contribution < -0.4 is 4.90 Å². The lowest BCUT2D eigenvalue weighted by molar-refractivity contribution is 0.632. The Kier molecular flexibility index (Phi) is 5.85. The monoisotopic (exact) mass is 577 g/mol. The zero-order chi connectivity index (χ0) is 30.7. The van der Waals surface area contributed by atoms with Gasteiger partial charge in [0.15, 0.2) is 0 Å². The Morgan fingerprint density at radius 3 is 2.04 bits per heavy atom. The van der Waals surface area contributed by atoms with Gasteiger partial charge in [-0.05, 0) is 65.2 Å². The van der Waals surface area contributed by atoms with Gasteiger partial charge in [-0.2, -0.15) is 10.5 Å². The predicted molar refractivity (Wildman–Crippen MR) is 180 cm³/mol. The van der Waals surface area contributed by atoms with Gasteiger partial charge in [-0.1, -0.05) is 80.6 Å². The van der Waals surface area contributed by atoms with Crippen LogP contribution in [0.5, 0.6) is 0 Å². The highest BCUT2D eigenvalue weighted by Gasteiger charge is 2.36. The van der Waals surface area contributed by atoms with Crippen LogP contribution >= 0.6 is 0 Å². The van der Waals surface area contributed by atoms with Crippen LogP contribution in [0.15, 0.2) is 128 Å². The van der Waals surface area contributed by atoms with Gasteiger partial charge in [-0.15, -0.1) is 0 Å². The normalized spacial score (nSPS) is 13.2. The molecule has 3 heterocycles. The van der Waals surface area contributed by atoms with Crippen LogP contribution in [0.1, 0.15) is 36.1 Å². The zero-order valence-corrected chi connectivity index (χ0v) is 24.9. The van der Waals surface area contributed by atoms with Crippen molar-refractivity contribution in [3.05, 3.63) is 150 Å². The summed E-state index contributed by atoms with van der Waals surface area (Å²) in [4.78, 5) is 6.78. The maximum absolute atomic E-state index is 10.2. The second-order valence-electron chi connectivity index (χ2n) is 11.9. The SMILES string of the molecule is CC1(C)c2ccccc2N(c2cc(-c3cccc(C#N)c3C#N)cc(-n3c4ccccc4c4cnccc43)c2)c2ccccc21. The van der Waals surface area contributed by atoms with Crippen LogP contribution in [-0.2, 0) is 5.41 Å². The zero-order valence-electron chi connectivity index (χ0n) is 24.9. The number of benzene rings is 5. The van der Waals surface area contributed by atoms with Crippen LogP contribution in [0.4, 0.5) is 17.1 Å². The van der Waals surface area contributed by atoms with Crippen molar-refractivity contribution in [1.82, 2.24) is 9.55 Å². The maximum atomic E-state index is 10.2. The smallest absolute Gasteiger partial charge is 0.101 e. The van der Waals surface area contributed by atoms with E-state index >= 15 is 0 Å². The molecule has 0 spiro atoms. The molecule has 5 nitrogen and oxygen atoms in total. The van der Waals surface area contributed by atoms with Gasteiger partial charge >= 0.3 is 0 Å². The molecule has 8 rings (SSSR count). The highest BCUT2D eigenvalue weighted by Crippen LogP contribution is 2.52. The van der Waals surface area contributed by atoms with Gasteiger partial charge < -0.3 is 9.47 Å². The van der Waals surface area contributed by atoms with Crippen molar-refractivity contribution < 1.29 is 0 Å². The Morgan fingerprint density at radius 2 is 1.31 bits per heavy atom. The fraction of sp³-hybridized carbons (Fsp3) is 0.0750. The number of rotatable bonds is 3. The van der Waals surface area contributed by atoms with Crippen LogP contribution in [0.3, 0.4) is 0 Å². The summed E-state index contributed by atoms with van der Waals surface area (Å²) in [6.07, 6.45) is 3.74. The molecule has 0 bridgehead atoms. The van der Waals surface area contributed by atoms with E-state index < -0.39 is 0 Å². The summed E-state index contributed by atoms with van der Waals surface area (Å²) in [5, 5.41) is 22.3.